The molecule has 4 rings (SSSR count). The largest absolute Gasteiger partial charge is 0.374 e. The number of nitrogens with zero attached hydrogens (tertiary/aromatic N) is 4. The third-order valence-corrected chi connectivity index (χ3v) is 5.62. The lowest BCUT2D eigenvalue weighted by molar-refractivity contribution is -0.154. The van der Waals surface area contributed by atoms with Crippen molar-refractivity contribution >= 4 is 11.9 Å². The number of rotatable bonds is 2. The van der Waals surface area contributed by atoms with Crippen molar-refractivity contribution < 1.29 is 9.53 Å². The Kier molecular flexibility index (Phi) is 4.65. The van der Waals surface area contributed by atoms with Gasteiger partial charge in [0.25, 0.3) is 0 Å². The van der Waals surface area contributed by atoms with Crippen LogP contribution in [-0.2, 0) is 9.53 Å². The van der Waals surface area contributed by atoms with E-state index in [4.69, 9.17) is 4.74 Å². The normalized spacial score (nSPS) is 30.8. The van der Waals surface area contributed by atoms with E-state index in [0.717, 1.165) is 51.3 Å². The zero-order valence-corrected chi connectivity index (χ0v) is 14.1. The maximum Gasteiger partial charge on any atom is 0.227 e. The molecule has 1 aromatic rings. The molecule has 1 saturated carbocycles. The summed E-state index contributed by atoms with van der Waals surface area (Å²) in [6.45, 7) is 3.10. The van der Waals surface area contributed by atoms with Gasteiger partial charge in [0.05, 0.1) is 24.7 Å². The van der Waals surface area contributed by atoms with Crippen LogP contribution in [0, 0.1) is 5.92 Å². The summed E-state index contributed by atoms with van der Waals surface area (Å²) in [5.74, 6) is 1.12. The molecular formula is C18H26N4O2. The summed E-state index contributed by atoms with van der Waals surface area (Å²) in [5, 5.41) is 0. The van der Waals surface area contributed by atoms with Crippen LogP contribution in [0.4, 0.5) is 5.95 Å². The van der Waals surface area contributed by atoms with E-state index >= 15 is 0 Å². The molecule has 0 spiro atoms. The average molecular weight is 330 g/mol. The Bertz CT molecular complexity index is 565. The maximum absolute atomic E-state index is 13.2. The van der Waals surface area contributed by atoms with Gasteiger partial charge in [-0.15, -0.1) is 0 Å². The zero-order chi connectivity index (χ0) is 16.4. The summed E-state index contributed by atoms with van der Waals surface area (Å²) in [6, 6.07) is 2.12. The number of piperidine rings is 1. The zero-order valence-electron chi connectivity index (χ0n) is 14.1. The molecular weight excluding hydrogens is 304 g/mol. The Morgan fingerprint density at radius 2 is 1.92 bits per heavy atom. The standard InChI is InChI=1S/C18H26N4O2/c23-17(22-11-12-24-16-7-2-1-6-15(16)22)14-5-3-10-21(13-14)18-19-8-4-9-20-18/h4,8-9,14-16H,1-3,5-7,10-13H2/t14-,15+,16-/m1/s1. The van der Waals surface area contributed by atoms with Crippen molar-refractivity contribution in [1.82, 2.24) is 14.9 Å². The monoisotopic (exact) mass is 330 g/mol. The molecule has 0 N–H and O–H groups in total. The Morgan fingerprint density at radius 3 is 2.79 bits per heavy atom. The molecule has 3 heterocycles. The summed E-state index contributed by atoms with van der Waals surface area (Å²) in [6.07, 6.45) is 10.4. The molecule has 1 amide bonds. The first-order chi connectivity index (χ1) is 11.8. The van der Waals surface area contributed by atoms with Gasteiger partial charge in [-0.2, -0.15) is 0 Å². The number of aromatic nitrogens is 2. The van der Waals surface area contributed by atoms with Crippen LogP contribution in [0.5, 0.6) is 0 Å². The van der Waals surface area contributed by atoms with Gasteiger partial charge in [0.2, 0.25) is 11.9 Å². The van der Waals surface area contributed by atoms with Crippen LogP contribution < -0.4 is 4.90 Å². The molecule has 0 aromatic carbocycles. The molecule has 3 aliphatic rings. The molecule has 3 atom stereocenters. The van der Waals surface area contributed by atoms with Crippen LogP contribution >= 0.6 is 0 Å². The number of morpholine rings is 1. The third kappa shape index (κ3) is 3.11. The van der Waals surface area contributed by atoms with Gasteiger partial charge in [0.1, 0.15) is 0 Å². The molecule has 1 aliphatic carbocycles. The van der Waals surface area contributed by atoms with E-state index in [2.05, 4.69) is 19.8 Å². The minimum Gasteiger partial charge on any atom is -0.374 e. The Hall–Kier alpha value is -1.69. The number of anilines is 1. The molecule has 0 bridgehead atoms. The summed E-state index contributed by atoms with van der Waals surface area (Å²) in [5.41, 5.74) is 0. The fourth-order valence-corrected chi connectivity index (χ4v) is 4.42. The predicted molar refractivity (Wildman–Crippen MR) is 90.7 cm³/mol. The first kappa shape index (κ1) is 15.8. The van der Waals surface area contributed by atoms with Crippen LogP contribution in [0.2, 0.25) is 0 Å². The van der Waals surface area contributed by atoms with Crippen LogP contribution in [0.25, 0.3) is 0 Å². The van der Waals surface area contributed by atoms with Crippen molar-refractivity contribution in [3.8, 4) is 0 Å². The van der Waals surface area contributed by atoms with Crippen molar-refractivity contribution in [2.75, 3.05) is 31.1 Å². The predicted octanol–water partition coefficient (Wildman–Crippen LogP) is 1.86. The van der Waals surface area contributed by atoms with E-state index in [1.807, 2.05) is 6.07 Å². The Labute approximate surface area is 143 Å². The van der Waals surface area contributed by atoms with Crippen LogP contribution in [0.3, 0.4) is 0 Å². The quantitative estimate of drug-likeness (QED) is 0.828. The smallest absolute Gasteiger partial charge is 0.227 e. The van der Waals surface area contributed by atoms with Gasteiger partial charge in [-0.3, -0.25) is 4.79 Å². The minimum absolute atomic E-state index is 0.0585. The fourth-order valence-electron chi connectivity index (χ4n) is 4.42. The van der Waals surface area contributed by atoms with Crippen molar-refractivity contribution in [3.63, 3.8) is 0 Å². The maximum atomic E-state index is 13.2. The lowest BCUT2D eigenvalue weighted by Gasteiger charge is -2.45. The molecule has 1 aromatic heterocycles. The van der Waals surface area contributed by atoms with Crippen LogP contribution in [0.1, 0.15) is 38.5 Å². The van der Waals surface area contributed by atoms with Crippen molar-refractivity contribution in [3.05, 3.63) is 18.5 Å². The van der Waals surface area contributed by atoms with E-state index < -0.39 is 0 Å². The highest BCUT2D eigenvalue weighted by atomic mass is 16.5. The number of ether oxygens (including phenoxy) is 1. The number of hydrogen-bond acceptors (Lipinski definition) is 5. The second kappa shape index (κ2) is 7.05. The number of carbonyl (C=O) groups excluding carboxylic acids is 1. The number of fused-ring (bicyclic) bond motifs is 1. The first-order valence-electron chi connectivity index (χ1n) is 9.27. The lowest BCUT2D eigenvalue weighted by Crippen LogP contribution is -2.57. The highest BCUT2D eigenvalue weighted by Gasteiger charge is 2.39. The molecule has 24 heavy (non-hydrogen) atoms. The van der Waals surface area contributed by atoms with Gasteiger partial charge in [-0.05, 0) is 31.7 Å². The second-order valence-corrected chi connectivity index (χ2v) is 7.13. The molecule has 130 valence electrons. The van der Waals surface area contributed by atoms with E-state index in [-0.39, 0.29) is 12.0 Å². The summed E-state index contributed by atoms with van der Waals surface area (Å²) in [7, 11) is 0. The highest BCUT2D eigenvalue weighted by Crippen LogP contribution is 2.31. The summed E-state index contributed by atoms with van der Waals surface area (Å²) in [4.78, 5) is 26.2. The molecule has 0 unspecified atom stereocenters. The number of hydrogen-bond donors (Lipinski definition) is 0. The molecule has 3 fully saturated rings. The van der Waals surface area contributed by atoms with Crippen molar-refractivity contribution in [1.29, 1.82) is 0 Å². The van der Waals surface area contributed by atoms with E-state index in [0.29, 0.717) is 18.6 Å². The SMILES string of the molecule is O=C([C@@H]1CCCN(c2ncccn2)C1)N1CCO[C@@H]2CCCC[C@@H]21. The molecule has 6 nitrogen and oxygen atoms in total. The fraction of sp³-hybridized carbons (Fsp3) is 0.722. The summed E-state index contributed by atoms with van der Waals surface area (Å²) < 4.78 is 5.92. The van der Waals surface area contributed by atoms with Crippen LogP contribution in [-0.4, -0.2) is 59.2 Å². The molecule has 2 saturated heterocycles. The van der Waals surface area contributed by atoms with Crippen LogP contribution in [0.15, 0.2) is 18.5 Å². The Balaban J connectivity index is 1.45. The van der Waals surface area contributed by atoms with Crippen molar-refractivity contribution in [2.24, 2.45) is 5.92 Å². The van der Waals surface area contributed by atoms with Gasteiger partial charge in [-0.1, -0.05) is 12.8 Å². The Morgan fingerprint density at radius 1 is 1.08 bits per heavy atom. The lowest BCUT2D eigenvalue weighted by atomic mass is 9.88. The minimum atomic E-state index is 0.0585. The van der Waals surface area contributed by atoms with Gasteiger partial charge >= 0.3 is 0 Å². The summed E-state index contributed by atoms with van der Waals surface area (Å²) >= 11 is 0. The average Bonchev–Trinajstić information content (AvgIpc) is 2.68. The molecule has 0 radical (unpaired) electrons. The van der Waals surface area contributed by atoms with Gasteiger partial charge < -0.3 is 14.5 Å². The van der Waals surface area contributed by atoms with E-state index in [1.54, 1.807) is 12.4 Å². The van der Waals surface area contributed by atoms with Gasteiger partial charge in [-0.25, -0.2) is 9.97 Å². The number of carbonyl (C=O) groups is 1. The van der Waals surface area contributed by atoms with E-state index in [1.165, 1.54) is 12.8 Å². The topological polar surface area (TPSA) is 58.6 Å². The first-order valence-corrected chi connectivity index (χ1v) is 9.27. The van der Waals surface area contributed by atoms with Crippen molar-refractivity contribution in [2.45, 2.75) is 50.7 Å². The molecule has 6 heteroatoms. The van der Waals surface area contributed by atoms with E-state index in [9.17, 15) is 4.79 Å². The van der Waals surface area contributed by atoms with Gasteiger partial charge in [0.15, 0.2) is 0 Å². The highest BCUT2D eigenvalue weighted by molar-refractivity contribution is 5.80. The third-order valence-electron chi connectivity index (χ3n) is 5.62. The molecule has 2 aliphatic heterocycles. The number of amides is 1. The van der Waals surface area contributed by atoms with Gasteiger partial charge in [0, 0.05) is 32.0 Å². The second-order valence-electron chi connectivity index (χ2n) is 7.13.